The number of amides is 1. The SMILES string of the molecule is N#C/C(=C/c1ccc(OCc2ccccc2Cl)c(Cl)c1)C(=O)Nc1ccccc1I. The molecule has 0 bridgehead atoms. The highest BCUT2D eigenvalue weighted by Gasteiger charge is 2.12. The predicted octanol–water partition coefficient (Wildman–Crippen LogP) is 6.72. The fourth-order valence-corrected chi connectivity index (χ4v) is 3.52. The number of nitriles is 1. The molecule has 0 aliphatic rings. The first kappa shape index (κ1) is 22.2. The number of benzene rings is 3. The van der Waals surface area contributed by atoms with Crippen molar-refractivity contribution in [2.24, 2.45) is 0 Å². The quantitative estimate of drug-likeness (QED) is 0.211. The first-order chi connectivity index (χ1) is 14.5. The van der Waals surface area contributed by atoms with E-state index in [4.69, 9.17) is 27.9 Å². The van der Waals surface area contributed by atoms with Crippen LogP contribution in [0.1, 0.15) is 11.1 Å². The van der Waals surface area contributed by atoms with Gasteiger partial charge in [-0.3, -0.25) is 4.79 Å². The molecule has 0 heterocycles. The summed E-state index contributed by atoms with van der Waals surface area (Å²) < 4.78 is 6.63. The molecule has 0 spiro atoms. The molecule has 3 rings (SSSR count). The van der Waals surface area contributed by atoms with Gasteiger partial charge in [0.1, 0.15) is 24.0 Å². The molecule has 7 heteroatoms. The number of rotatable bonds is 6. The number of halogens is 3. The summed E-state index contributed by atoms with van der Waals surface area (Å²) in [5, 5.41) is 13.1. The molecule has 0 aliphatic heterocycles. The standard InChI is InChI=1S/C23H15Cl2IN2O2/c24-18-6-2-1-5-16(18)14-30-22-10-9-15(12-19(22)25)11-17(13-27)23(29)28-21-8-4-3-7-20(21)26/h1-12H,14H2,(H,28,29)/b17-11-. The molecule has 0 saturated heterocycles. The number of para-hydroxylation sites is 1. The highest BCUT2D eigenvalue weighted by Crippen LogP contribution is 2.28. The number of ether oxygens (including phenoxy) is 1. The second-order valence-corrected chi connectivity index (χ2v) is 8.15. The van der Waals surface area contributed by atoms with E-state index in [1.54, 1.807) is 30.3 Å². The maximum absolute atomic E-state index is 12.5. The summed E-state index contributed by atoms with van der Waals surface area (Å²) >= 11 is 14.6. The zero-order chi connectivity index (χ0) is 21.5. The largest absolute Gasteiger partial charge is 0.487 e. The topological polar surface area (TPSA) is 62.1 Å². The third-order valence-corrected chi connectivity index (χ3v) is 5.70. The average molecular weight is 549 g/mol. The van der Waals surface area contributed by atoms with Crippen molar-refractivity contribution in [3.63, 3.8) is 0 Å². The van der Waals surface area contributed by atoms with Crippen molar-refractivity contribution in [3.8, 4) is 11.8 Å². The normalized spacial score (nSPS) is 10.9. The Morgan fingerprint density at radius 1 is 1.07 bits per heavy atom. The number of hydrogen-bond donors (Lipinski definition) is 1. The molecule has 1 amide bonds. The summed E-state index contributed by atoms with van der Waals surface area (Å²) in [5.41, 5.74) is 2.07. The maximum atomic E-state index is 12.5. The first-order valence-corrected chi connectivity index (χ1v) is 10.6. The lowest BCUT2D eigenvalue weighted by Crippen LogP contribution is -2.14. The summed E-state index contributed by atoms with van der Waals surface area (Å²) in [5.74, 6) is -0.00711. The van der Waals surface area contributed by atoms with Gasteiger partial charge in [0.05, 0.1) is 10.7 Å². The van der Waals surface area contributed by atoms with Crippen LogP contribution in [0.4, 0.5) is 5.69 Å². The van der Waals surface area contributed by atoms with Gasteiger partial charge in [0.15, 0.2) is 0 Å². The van der Waals surface area contributed by atoms with Gasteiger partial charge < -0.3 is 10.1 Å². The molecule has 1 N–H and O–H groups in total. The number of nitrogens with one attached hydrogen (secondary N) is 1. The van der Waals surface area contributed by atoms with Gasteiger partial charge in [-0.15, -0.1) is 0 Å². The minimum Gasteiger partial charge on any atom is -0.487 e. The molecule has 30 heavy (non-hydrogen) atoms. The van der Waals surface area contributed by atoms with Crippen molar-refractivity contribution in [2.75, 3.05) is 5.32 Å². The monoisotopic (exact) mass is 548 g/mol. The fraction of sp³-hybridized carbons (Fsp3) is 0.0435. The molecular formula is C23H15Cl2IN2O2. The average Bonchev–Trinajstić information content (AvgIpc) is 2.74. The van der Waals surface area contributed by atoms with E-state index in [2.05, 4.69) is 27.9 Å². The predicted molar refractivity (Wildman–Crippen MR) is 129 cm³/mol. The van der Waals surface area contributed by atoms with Crippen LogP contribution in [-0.4, -0.2) is 5.91 Å². The van der Waals surface area contributed by atoms with Crippen molar-refractivity contribution in [3.05, 3.63) is 97.0 Å². The summed E-state index contributed by atoms with van der Waals surface area (Å²) in [6.45, 7) is 0.274. The molecular weight excluding hydrogens is 534 g/mol. The molecule has 3 aromatic rings. The lowest BCUT2D eigenvalue weighted by atomic mass is 10.1. The van der Waals surface area contributed by atoms with Gasteiger partial charge in [-0.25, -0.2) is 0 Å². The molecule has 0 unspecified atom stereocenters. The Balaban J connectivity index is 1.73. The first-order valence-electron chi connectivity index (χ1n) is 8.81. The maximum Gasteiger partial charge on any atom is 0.266 e. The van der Waals surface area contributed by atoms with Gasteiger partial charge >= 0.3 is 0 Å². The number of nitrogens with zero attached hydrogens (tertiary/aromatic N) is 1. The van der Waals surface area contributed by atoms with E-state index in [1.165, 1.54) is 6.08 Å². The number of hydrogen-bond acceptors (Lipinski definition) is 3. The third kappa shape index (κ3) is 5.76. The van der Waals surface area contributed by atoms with Crippen LogP contribution in [0.25, 0.3) is 6.08 Å². The van der Waals surface area contributed by atoms with Gasteiger partial charge in [-0.05, 0) is 64.6 Å². The van der Waals surface area contributed by atoms with Gasteiger partial charge in [-0.1, -0.05) is 59.6 Å². The van der Waals surface area contributed by atoms with E-state index >= 15 is 0 Å². The Hall–Kier alpha value is -2.53. The van der Waals surface area contributed by atoms with Gasteiger partial charge in [-0.2, -0.15) is 5.26 Å². The Morgan fingerprint density at radius 3 is 2.50 bits per heavy atom. The highest BCUT2D eigenvalue weighted by molar-refractivity contribution is 14.1. The van der Waals surface area contributed by atoms with Gasteiger partial charge in [0.25, 0.3) is 5.91 Å². The van der Waals surface area contributed by atoms with Crippen molar-refractivity contribution in [1.29, 1.82) is 5.26 Å². The van der Waals surface area contributed by atoms with E-state index in [0.29, 0.717) is 27.0 Å². The molecule has 150 valence electrons. The van der Waals surface area contributed by atoms with Crippen molar-refractivity contribution >= 4 is 63.5 Å². The van der Waals surface area contributed by atoms with E-state index in [9.17, 15) is 10.1 Å². The number of carbonyl (C=O) groups is 1. The van der Waals surface area contributed by atoms with Crippen LogP contribution in [0.15, 0.2) is 72.3 Å². The van der Waals surface area contributed by atoms with E-state index in [0.717, 1.165) is 9.13 Å². The smallest absolute Gasteiger partial charge is 0.266 e. The summed E-state index contributed by atoms with van der Waals surface area (Å²) in [6.07, 6.45) is 1.48. The third-order valence-electron chi connectivity index (χ3n) is 4.10. The Morgan fingerprint density at radius 2 is 1.80 bits per heavy atom. The van der Waals surface area contributed by atoms with Gasteiger partial charge in [0.2, 0.25) is 0 Å². The molecule has 0 fully saturated rings. The number of carbonyl (C=O) groups excluding carboxylic acids is 1. The number of anilines is 1. The molecule has 0 radical (unpaired) electrons. The summed E-state index contributed by atoms with van der Waals surface area (Å²) in [7, 11) is 0. The second-order valence-electron chi connectivity index (χ2n) is 6.17. The zero-order valence-electron chi connectivity index (χ0n) is 15.5. The Kier molecular flexibility index (Phi) is 7.75. The summed E-state index contributed by atoms with van der Waals surface area (Å²) in [6, 6.07) is 21.7. The molecule has 0 saturated carbocycles. The van der Waals surface area contributed by atoms with Crippen LogP contribution in [0.5, 0.6) is 5.75 Å². The molecule has 0 aromatic heterocycles. The zero-order valence-corrected chi connectivity index (χ0v) is 19.2. The van der Waals surface area contributed by atoms with Crippen LogP contribution < -0.4 is 10.1 Å². The van der Waals surface area contributed by atoms with Crippen LogP contribution in [0.2, 0.25) is 10.0 Å². The fourth-order valence-electron chi connectivity index (χ4n) is 2.56. The molecule has 3 aromatic carbocycles. The molecule has 4 nitrogen and oxygen atoms in total. The Labute approximate surface area is 198 Å². The van der Waals surface area contributed by atoms with E-state index in [1.807, 2.05) is 42.5 Å². The lowest BCUT2D eigenvalue weighted by molar-refractivity contribution is -0.112. The Bertz CT molecular complexity index is 1160. The van der Waals surface area contributed by atoms with Crippen molar-refractivity contribution < 1.29 is 9.53 Å². The van der Waals surface area contributed by atoms with Crippen LogP contribution in [-0.2, 0) is 11.4 Å². The van der Waals surface area contributed by atoms with E-state index < -0.39 is 5.91 Å². The second kappa shape index (κ2) is 10.5. The van der Waals surface area contributed by atoms with Crippen LogP contribution in [0, 0.1) is 14.9 Å². The minimum absolute atomic E-state index is 0.0320. The van der Waals surface area contributed by atoms with E-state index in [-0.39, 0.29) is 12.2 Å². The van der Waals surface area contributed by atoms with Crippen LogP contribution >= 0.6 is 45.8 Å². The lowest BCUT2D eigenvalue weighted by Gasteiger charge is -2.10. The van der Waals surface area contributed by atoms with Gasteiger partial charge in [0, 0.05) is 14.2 Å². The van der Waals surface area contributed by atoms with Crippen molar-refractivity contribution in [1.82, 2.24) is 0 Å². The van der Waals surface area contributed by atoms with Crippen molar-refractivity contribution in [2.45, 2.75) is 6.61 Å². The summed E-state index contributed by atoms with van der Waals surface area (Å²) in [4.78, 5) is 12.5. The highest BCUT2D eigenvalue weighted by atomic mass is 127. The minimum atomic E-state index is -0.489. The van der Waals surface area contributed by atoms with Crippen LogP contribution in [0.3, 0.4) is 0 Å². The molecule has 0 aliphatic carbocycles. The molecule has 0 atom stereocenters.